The maximum Gasteiger partial charge on any atom is 0.117 e. The minimum absolute atomic E-state index is 0.725. The van der Waals surface area contributed by atoms with Gasteiger partial charge in [-0.05, 0) is 31.2 Å². The molecule has 0 amide bonds. The Morgan fingerprint density at radius 1 is 1.00 bits per heavy atom. The van der Waals surface area contributed by atoms with Gasteiger partial charge in [0, 0.05) is 11.9 Å². The van der Waals surface area contributed by atoms with Crippen molar-refractivity contribution in [3.05, 3.63) is 65.7 Å². The van der Waals surface area contributed by atoms with Gasteiger partial charge in [0.2, 0.25) is 0 Å². The van der Waals surface area contributed by atoms with Gasteiger partial charge in [0.25, 0.3) is 0 Å². The monoisotopic (exact) mass is 252 g/mol. The second-order valence-electron chi connectivity index (χ2n) is 4.61. The van der Waals surface area contributed by atoms with Crippen LogP contribution in [0.15, 0.2) is 52.9 Å². The summed E-state index contributed by atoms with van der Waals surface area (Å²) in [5, 5.41) is 4.51. The minimum atomic E-state index is 0.725. The van der Waals surface area contributed by atoms with E-state index in [4.69, 9.17) is 4.42 Å². The maximum absolute atomic E-state index is 5.51. The summed E-state index contributed by atoms with van der Waals surface area (Å²) >= 11 is 0. The molecule has 1 N–H and O–H groups in total. The summed E-state index contributed by atoms with van der Waals surface area (Å²) in [7, 11) is 0. The van der Waals surface area contributed by atoms with Crippen molar-refractivity contribution in [2.24, 2.45) is 0 Å². The van der Waals surface area contributed by atoms with Gasteiger partial charge in [-0.25, -0.2) is 0 Å². The van der Waals surface area contributed by atoms with Crippen molar-refractivity contribution in [2.75, 3.05) is 0 Å². The van der Waals surface area contributed by atoms with Crippen molar-refractivity contribution in [2.45, 2.75) is 20.0 Å². The van der Waals surface area contributed by atoms with E-state index in [-0.39, 0.29) is 0 Å². The lowest BCUT2D eigenvalue weighted by molar-refractivity contribution is 0.461. The van der Waals surface area contributed by atoms with Crippen LogP contribution in [-0.4, -0.2) is 4.98 Å². The fraction of sp³-hybridized carbons (Fsp3) is 0.188. The van der Waals surface area contributed by atoms with Crippen LogP contribution in [0.3, 0.4) is 0 Å². The van der Waals surface area contributed by atoms with Crippen LogP contribution < -0.4 is 5.32 Å². The first-order valence-corrected chi connectivity index (χ1v) is 6.42. The molecule has 1 aromatic carbocycles. The van der Waals surface area contributed by atoms with E-state index >= 15 is 0 Å². The molecule has 3 rings (SSSR count). The third-order valence-electron chi connectivity index (χ3n) is 3.06. The summed E-state index contributed by atoms with van der Waals surface area (Å²) in [5.74, 6) is 1.90. The summed E-state index contributed by atoms with van der Waals surface area (Å²) in [6, 6.07) is 16.3. The lowest BCUT2D eigenvalue weighted by Gasteiger charge is -2.04. The number of nitrogens with zero attached hydrogens (tertiary/aromatic N) is 1. The van der Waals surface area contributed by atoms with E-state index in [0.29, 0.717) is 0 Å². The Bertz CT molecular complexity index is 688. The van der Waals surface area contributed by atoms with Crippen LogP contribution in [0.5, 0.6) is 0 Å². The Balaban J connectivity index is 1.65. The normalized spacial score (nSPS) is 11.0. The molecule has 2 aromatic heterocycles. The molecule has 19 heavy (non-hydrogen) atoms. The number of aryl methyl sites for hydroxylation is 1. The maximum atomic E-state index is 5.51. The average Bonchev–Trinajstić information content (AvgIpc) is 2.84. The molecule has 0 spiro atoms. The van der Waals surface area contributed by atoms with Crippen LogP contribution in [-0.2, 0) is 13.1 Å². The summed E-state index contributed by atoms with van der Waals surface area (Å²) in [6.07, 6.45) is 0. The van der Waals surface area contributed by atoms with Crippen LogP contribution >= 0.6 is 0 Å². The fourth-order valence-corrected chi connectivity index (χ4v) is 2.10. The van der Waals surface area contributed by atoms with Gasteiger partial charge in [-0.15, -0.1) is 0 Å². The summed E-state index contributed by atoms with van der Waals surface area (Å²) in [5.41, 5.74) is 2.08. The molecule has 0 bridgehead atoms. The van der Waals surface area contributed by atoms with E-state index in [2.05, 4.69) is 28.5 Å². The largest absolute Gasteiger partial charge is 0.465 e. The highest BCUT2D eigenvalue weighted by atomic mass is 16.3. The average molecular weight is 252 g/mol. The highest BCUT2D eigenvalue weighted by Gasteiger charge is 2.00. The first-order valence-electron chi connectivity index (χ1n) is 6.42. The molecule has 0 fully saturated rings. The number of fused-ring (bicyclic) bond motifs is 1. The van der Waals surface area contributed by atoms with Crippen LogP contribution in [0.4, 0.5) is 0 Å². The number of hydrogen-bond donors (Lipinski definition) is 1. The number of benzene rings is 1. The zero-order valence-corrected chi connectivity index (χ0v) is 10.9. The Morgan fingerprint density at radius 3 is 2.74 bits per heavy atom. The smallest absolute Gasteiger partial charge is 0.117 e. The number of nitrogens with one attached hydrogen (secondary N) is 1. The second kappa shape index (κ2) is 5.24. The van der Waals surface area contributed by atoms with Gasteiger partial charge in [-0.2, -0.15) is 0 Å². The molecule has 0 aliphatic rings. The highest BCUT2D eigenvalue weighted by Crippen LogP contribution is 2.12. The van der Waals surface area contributed by atoms with Crippen molar-refractivity contribution in [1.29, 1.82) is 0 Å². The van der Waals surface area contributed by atoms with E-state index in [1.165, 1.54) is 5.39 Å². The number of aromatic nitrogens is 1. The molecule has 0 unspecified atom stereocenters. The van der Waals surface area contributed by atoms with E-state index in [1.54, 1.807) is 0 Å². The van der Waals surface area contributed by atoms with Gasteiger partial charge in [-0.1, -0.05) is 24.3 Å². The Kier molecular flexibility index (Phi) is 3.29. The number of pyridine rings is 1. The molecular formula is C16H16N2O. The Morgan fingerprint density at radius 2 is 1.89 bits per heavy atom. The number of furan rings is 1. The third kappa shape index (κ3) is 2.83. The molecule has 2 heterocycles. The van der Waals surface area contributed by atoms with Crippen molar-refractivity contribution < 1.29 is 4.42 Å². The molecular weight excluding hydrogens is 236 g/mol. The van der Waals surface area contributed by atoms with Crippen LogP contribution in [0.1, 0.15) is 17.2 Å². The van der Waals surface area contributed by atoms with E-state index in [1.807, 2.05) is 37.3 Å². The highest BCUT2D eigenvalue weighted by molar-refractivity contribution is 5.78. The van der Waals surface area contributed by atoms with Crippen molar-refractivity contribution in [3.8, 4) is 0 Å². The topological polar surface area (TPSA) is 38.1 Å². The van der Waals surface area contributed by atoms with E-state index < -0.39 is 0 Å². The van der Waals surface area contributed by atoms with Gasteiger partial charge in [0.1, 0.15) is 11.5 Å². The van der Waals surface area contributed by atoms with Gasteiger partial charge in [0.05, 0.1) is 17.8 Å². The number of para-hydroxylation sites is 1. The molecule has 0 aliphatic heterocycles. The first kappa shape index (κ1) is 11.9. The molecule has 0 saturated heterocycles. The van der Waals surface area contributed by atoms with E-state index in [0.717, 1.165) is 35.8 Å². The predicted octanol–water partition coefficient (Wildman–Crippen LogP) is 3.43. The molecule has 3 nitrogen and oxygen atoms in total. The zero-order valence-electron chi connectivity index (χ0n) is 10.9. The molecule has 0 aliphatic carbocycles. The SMILES string of the molecule is Cc1ccc(CNCc2ccc3ccccc3n2)o1. The Labute approximate surface area is 112 Å². The Hall–Kier alpha value is -2.13. The molecule has 0 radical (unpaired) electrons. The fourth-order valence-electron chi connectivity index (χ4n) is 2.10. The van der Waals surface area contributed by atoms with Crippen LogP contribution in [0.25, 0.3) is 10.9 Å². The van der Waals surface area contributed by atoms with E-state index in [9.17, 15) is 0 Å². The lowest BCUT2D eigenvalue weighted by atomic mass is 10.2. The molecule has 96 valence electrons. The minimum Gasteiger partial charge on any atom is -0.465 e. The van der Waals surface area contributed by atoms with Crippen molar-refractivity contribution in [3.63, 3.8) is 0 Å². The quantitative estimate of drug-likeness (QED) is 0.773. The van der Waals surface area contributed by atoms with Crippen LogP contribution in [0.2, 0.25) is 0 Å². The molecule has 3 aromatic rings. The summed E-state index contributed by atoms with van der Waals surface area (Å²) in [4.78, 5) is 4.62. The van der Waals surface area contributed by atoms with Gasteiger partial charge in [-0.3, -0.25) is 4.98 Å². The van der Waals surface area contributed by atoms with Gasteiger partial charge in [0.15, 0.2) is 0 Å². The van der Waals surface area contributed by atoms with Crippen molar-refractivity contribution in [1.82, 2.24) is 10.3 Å². The lowest BCUT2D eigenvalue weighted by Crippen LogP contribution is -2.13. The molecule has 0 saturated carbocycles. The van der Waals surface area contributed by atoms with Gasteiger partial charge < -0.3 is 9.73 Å². The second-order valence-corrected chi connectivity index (χ2v) is 4.61. The number of hydrogen-bond acceptors (Lipinski definition) is 3. The first-order chi connectivity index (χ1) is 9.31. The third-order valence-corrected chi connectivity index (χ3v) is 3.06. The van der Waals surface area contributed by atoms with Gasteiger partial charge >= 0.3 is 0 Å². The number of rotatable bonds is 4. The van der Waals surface area contributed by atoms with Crippen molar-refractivity contribution >= 4 is 10.9 Å². The predicted molar refractivity (Wildman–Crippen MR) is 75.7 cm³/mol. The van der Waals surface area contributed by atoms with Crippen LogP contribution in [0, 0.1) is 6.92 Å². The summed E-state index contributed by atoms with van der Waals surface area (Å²) < 4.78 is 5.51. The summed E-state index contributed by atoms with van der Waals surface area (Å²) in [6.45, 7) is 3.42. The zero-order chi connectivity index (χ0) is 13.1. The standard InChI is InChI=1S/C16H16N2O/c1-12-6-9-15(19-12)11-17-10-14-8-7-13-4-2-3-5-16(13)18-14/h2-9,17H,10-11H2,1H3. The molecule has 3 heteroatoms. The molecule has 0 atom stereocenters.